The fourth-order valence-electron chi connectivity index (χ4n) is 0.613. The van der Waals surface area contributed by atoms with Crippen LogP contribution in [0, 0.1) is 0 Å². The van der Waals surface area contributed by atoms with Crippen molar-refractivity contribution in [2.24, 2.45) is 0 Å². The molecule has 1 rings (SSSR count). The molecule has 0 aliphatic carbocycles. The third-order valence-corrected chi connectivity index (χ3v) is 5.85. The molecule has 0 nitrogen and oxygen atoms in total. The average Bonchev–Trinajstić information content (AvgIpc) is 2.76. The van der Waals surface area contributed by atoms with Gasteiger partial charge in [-0.3, -0.25) is 0 Å². The molecule has 0 spiro atoms. The summed E-state index contributed by atoms with van der Waals surface area (Å²) in [5.74, 6) is 4.48. The molecule has 1 aliphatic rings. The fourth-order valence-corrected chi connectivity index (χ4v) is 3.65. The number of hydrogen-bond acceptors (Lipinski definition) is 5. The van der Waals surface area contributed by atoms with Gasteiger partial charge in [-0.15, -0.1) is 0 Å². The molecule has 1 aliphatic heterocycles. The van der Waals surface area contributed by atoms with Crippen molar-refractivity contribution in [3.05, 3.63) is 11.5 Å². The monoisotopic (exact) mass is 286 g/mol. The first-order valence-corrected chi connectivity index (χ1v) is 9.29. The normalized spacial score (nSPS) is 16.2. The maximum atomic E-state index is 4.31. The van der Waals surface area contributed by atoms with Crippen molar-refractivity contribution < 1.29 is 0 Å². The van der Waals surface area contributed by atoms with Gasteiger partial charge in [0.05, 0.1) is 0 Å². The second-order valence-corrected chi connectivity index (χ2v) is 7.23. The Balaban J connectivity index is 0.000000280. The first kappa shape index (κ1) is 15.5. The van der Waals surface area contributed by atoms with Gasteiger partial charge in [0.15, 0.2) is 0 Å². The van der Waals surface area contributed by atoms with Crippen LogP contribution in [-0.2, 0) is 0 Å². The SMILES string of the molecule is C1=CSSC1.CCCSCC(S)CS. The van der Waals surface area contributed by atoms with Gasteiger partial charge in [-0.25, -0.2) is 0 Å². The zero-order valence-corrected chi connectivity index (χ0v) is 12.6. The molecule has 14 heavy (non-hydrogen) atoms. The summed E-state index contributed by atoms with van der Waals surface area (Å²) in [6.07, 6.45) is 3.42. The van der Waals surface area contributed by atoms with Crippen LogP contribution in [0.3, 0.4) is 0 Å². The van der Waals surface area contributed by atoms with Crippen molar-refractivity contribution in [2.75, 3.05) is 23.0 Å². The molecule has 5 heteroatoms. The van der Waals surface area contributed by atoms with E-state index in [2.05, 4.69) is 43.7 Å². The van der Waals surface area contributed by atoms with Gasteiger partial charge in [-0.2, -0.15) is 37.0 Å². The third kappa shape index (κ3) is 11.6. The molecule has 0 aromatic rings. The lowest BCUT2D eigenvalue weighted by Gasteiger charge is -2.04. The van der Waals surface area contributed by atoms with E-state index < -0.39 is 0 Å². The first-order valence-electron chi connectivity index (χ1n) is 4.61. The predicted octanol–water partition coefficient (Wildman–Crippen LogP) is 4.25. The summed E-state index contributed by atoms with van der Waals surface area (Å²) in [6.45, 7) is 2.20. The Hall–Kier alpha value is 1.49. The predicted molar refractivity (Wildman–Crippen MR) is 83.4 cm³/mol. The maximum absolute atomic E-state index is 4.31. The number of thioether (sulfide) groups is 1. The molecule has 1 heterocycles. The number of rotatable bonds is 5. The molecular weight excluding hydrogens is 268 g/mol. The Labute approximate surface area is 111 Å². The summed E-state index contributed by atoms with van der Waals surface area (Å²) in [7, 11) is 3.69. The van der Waals surface area contributed by atoms with Crippen LogP contribution in [0.5, 0.6) is 0 Å². The summed E-state index contributed by atoms with van der Waals surface area (Å²) in [4.78, 5) is 0. The lowest BCUT2D eigenvalue weighted by Crippen LogP contribution is -2.03. The van der Waals surface area contributed by atoms with Crippen LogP contribution in [-0.4, -0.2) is 28.3 Å². The van der Waals surface area contributed by atoms with Crippen molar-refractivity contribution in [3.8, 4) is 0 Å². The molecule has 0 saturated carbocycles. The minimum absolute atomic E-state index is 0.477. The van der Waals surface area contributed by atoms with Crippen LogP contribution < -0.4 is 0 Å². The molecule has 1 atom stereocenters. The molecule has 0 fully saturated rings. The van der Waals surface area contributed by atoms with E-state index in [1.807, 2.05) is 33.3 Å². The van der Waals surface area contributed by atoms with E-state index in [0.29, 0.717) is 5.25 Å². The van der Waals surface area contributed by atoms with Crippen LogP contribution in [0.15, 0.2) is 11.5 Å². The Morgan fingerprint density at radius 1 is 1.57 bits per heavy atom. The topological polar surface area (TPSA) is 0 Å². The van der Waals surface area contributed by atoms with Crippen molar-refractivity contribution in [1.29, 1.82) is 0 Å². The first-order chi connectivity index (χ1) is 6.81. The van der Waals surface area contributed by atoms with Crippen molar-refractivity contribution >= 4 is 58.6 Å². The van der Waals surface area contributed by atoms with Crippen LogP contribution in [0.2, 0.25) is 0 Å². The Morgan fingerprint density at radius 2 is 2.36 bits per heavy atom. The smallest absolute Gasteiger partial charge is 0.0229 e. The molecule has 0 saturated heterocycles. The standard InChI is InChI=1S/C6H14S3.C3H4S2/c1-2-3-9-5-6(8)4-7;1-2-4-5-3-1/h6-8H,2-5H2,1H3;1-2H,3H2. The number of hydrogen-bond donors (Lipinski definition) is 2. The van der Waals surface area contributed by atoms with Crippen LogP contribution >= 0.6 is 58.6 Å². The fraction of sp³-hybridized carbons (Fsp3) is 0.778. The summed E-state index contributed by atoms with van der Waals surface area (Å²) in [5, 5.41) is 2.59. The van der Waals surface area contributed by atoms with Gasteiger partial charge in [-0.1, -0.05) is 34.6 Å². The van der Waals surface area contributed by atoms with Gasteiger partial charge < -0.3 is 0 Å². The Kier molecular flexibility index (Phi) is 13.9. The zero-order chi connectivity index (χ0) is 10.6. The maximum Gasteiger partial charge on any atom is 0.0229 e. The second-order valence-electron chi connectivity index (χ2n) is 2.66. The molecule has 0 aromatic carbocycles. The molecule has 0 amide bonds. The minimum Gasteiger partial charge on any atom is -0.178 e. The van der Waals surface area contributed by atoms with Gasteiger partial charge in [-0.05, 0) is 17.6 Å². The Morgan fingerprint density at radius 3 is 2.71 bits per heavy atom. The average molecular weight is 287 g/mol. The van der Waals surface area contributed by atoms with Gasteiger partial charge >= 0.3 is 0 Å². The summed E-state index contributed by atoms with van der Waals surface area (Å²) in [5.41, 5.74) is 0. The van der Waals surface area contributed by atoms with E-state index >= 15 is 0 Å². The van der Waals surface area contributed by atoms with E-state index in [-0.39, 0.29) is 0 Å². The van der Waals surface area contributed by atoms with E-state index in [1.54, 1.807) is 0 Å². The number of thiol groups is 2. The van der Waals surface area contributed by atoms with Gasteiger partial charge in [0, 0.05) is 22.5 Å². The van der Waals surface area contributed by atoms with Gasteiger partial charge in [0.1, 0.15) is 0 Å². The summed E-state index contributed by atoms with van der Waals surface area (Å²) in [6, 6.07) is 0. The summed E-state index contributed by atoms with van der Waals surface area (Å²) < 4.78 is 0. The van der Waals surface area contributed by atoms with Crippen LogP contribution in [0.1, 0.15) is 13.3 Å². The largest absolute Gasteiger partial charge is 0.178 e. The van der Waals surface area contributed by atoms with E-state index in [0.717, 1.165) is 11.5 Å². The lowest BCUT2D eigenvalue weighted by atomic mass is 10.5. The van der Waals surface area contributed by atoms with Gasteiger partial charge in [0.25, 0.3) is 0 Å². The Bertz CT molecular complexity index is 131. The van der Waals surface area contributed by atoms with Crippen LogP contribution in [0.25, 0.3) is 0 Å². The molecule has 0 bridgehead atoms. The molecule has 0 radical (unpaired) electrons. The van der Waals surface area contributed by atoms with Crippen molar-refractivity contribution in [1.82, 2.24) is 0 Å². The molecule has 0 aromatic heterocycles. The molecule has 0 N–H and O–H groups in total. The van der Waals surface area contributed by atoms with Crippen LogP contribution in [0.4, 0.5) is 0 Å². The van der Waals surface area contributed by atoms with Crippen molar-refractivity contribution in [2.45, 2.75) is 18.6 Å². The van der Waals surface area contributed by atoms with E-state index in [1.165, 1.54) is 17.9 Å². The van der Waals surface area contributed by atoms with Gasteiger partial charge in [0.2, 0.25) is 0 Å². The summed E-state index contributed by atoms with van der Waals surface area (Å²) >= 11 is 10.4. The highest BCUT2D eigenvalue weighted by Crippen LogP contribution is 2.27. The zero-order valence-electron chi connectivity index (χ0n) is 8.39. The second kappa shape index (κ2) is 12.6. The minimum atomic E-state index is 0.477. The highest BCUT2D eigenvalue weighted by atomic mass is 33.1. The molecule has 1 unspecified atom stereocenters. The highest BCUT2D eigenvalue weighted by molar-refractivity contribution is 8.78. The van der Waals surface area contributed by atoms with E-state index in [4.69, 9.17) is 0 Å². The molecular formula is C9H18S5. The highest BCUT2D eigenvalue weighted by Gasteiger charge is 1.97. The van der Waals surface area contributed by atoms with E-state index in [9.17, 15) is 0 Å². The lowest BCUT2D eigenvalue weighted by molar-refractivity contribution is 1.09. The molecule has 84 valence electrons. The van der Waals surface area contributed by atoms with Crippen molar-refractivity contribution in [3.63, 3.8) is 0 Å². The quantitative estimate of drug-likeness (QED) is 0.441. The third-order valence-electron chi connectivity index (χ3n) is 1.25.